The van der Waals surface area contributed by atoms with Crippen LogP contribution in [0.5, 0.6) is 0 Å². The summed E-state index contributed by atoms with van der Waals surface area (Å²) in [4.78, 5) is 4.40. The van der Waals surface area contributed by atoms with Crippen molar-refractivity contribution in [2.24, 2.45) is 0 Å². The average Bonchev–Trinajstić information content (AvgIpc) is 2.77. The second-order valence-corrected chi connectivity index (χ2v) is 5.74. The van der Waals surface area contributed by atoms with Gasteiger partial charge in [-0.3, -0.25) is 0 Å². The van der Waals surface area contributed by atoms with E-state index < -0.39 is 0 Å². The van der Waals surface area contributed by atoms with Crippen LogP contribution in [-0.2, 0) is 6.54 Å². The summed E-state index contributed by atoms with van der Waals surface area (Å²) < 4.78 is 2.89. The molecule has 0 unspecified atom stereocenters. The van der Waals surface area contributed by atoms with E-state index in [0.717, 1.165) is 27.1 Å². The minimum Gasteiger partial charge on any atom is -0.380 e. The molecule has 0 aliphatic heterocycles. The molecule has 4 nitrogen and oxygen atoms in total. The number of nitrogens with one attached hydrogen (secondary N) is 1. The Balaban J connectivity index is 1.79. The molecular formula is C15H15BrN4. The topological polar surface area (TPSA) is 42.2 Å². The lowest BCUT2D eigenvalue weighted by molar-refractivity contribution is 0.895. The number of hydrogen-bond donors (Lipinski definition) is 1. The zero-order valence-corrected chi connectivity index (χ0v) is 13.0. The Morgan fingerprint density at radius 2 is 2.10 bits per heavy atom. The van der Waals surface area contributed by atoms with E-state index in [9.17, 15) is 0 Å². The number of aromatic nitrogens is 3. The van der Waals surface area contributed by atoms with Crippen LogP contribution in [0.4, 0.5) is 5.69 Å². The fourth-order valence-corrected chi connectivity index (χ4v) is 2.72. The van der Waals surface area contributed by atoms with Crippen molar-refractivity contribution in [3.05, 3.63) is 58.0 Å². The van der Waals surface area contributed by atoms with E-state index in [1.54, 1.807) is 0 Å². The van der Waals surface area contributed by atoms with E-state index in [0.29, 0.717) is 6.54 Å². The molecule has 1 aromatic carbocycles. The fourth-order valence-electron chi connectivity index (χ4n) is 2.09. The van der Waals surface area contributed by atoms with Gasteiger partial charge in [0.1, 0.15) is 0 Å². The third-order valence-electron chi connectivity index (χ3n) is 3.10. The van der Waals surface area contributed by atoms with Gasteiger partial charge in [-0.25, -0.2) is 9.50 Å². The molecule has 5 heteroatoms. The molecule has 2 aromatic heterocycles. The monoisotopic (exact) mass is 330 g/mol. The van der Waals surface area contributed by atoms with Gasteiger partial charge in [0, 0.05) is 40.7 Å². The smallest absolute Gasteiger partial charge is 0.155 e. The van der Waals surface area contributed by atoms with Gasteiger partial charge < -0.3 is 5.32 Å². The Labute approximate surface area is 126 Å². The largest absolute Gasteiger partial charge is 0.380 e. The van der Waals surface area contributed by atoms with Crippen molar-refractivity contribution in [2.75, 3.05) is 5.32 Å². The molecule has 3 aromatic rings. The van der Waals surface area contributed by atoms with Gasteiger partial charge in [0.2, 0.25) is 0 Å². The summed E-state index contributed by atoms with van der Waals surface area (Å²) in [5.74, 6) is 0. The summed E-state index contributed by atoms with van der Waals surface area (Å²) in [6, 6.07) is 8.23. The van der Waals surface area contributed by atoms with Crippen LogP contribution in [0.3, 0.4) is 0 Å². The van der Waals surface area contributed by atoms with Crippen LogP contribution in [0.25, 0.3) is 5.65 Å². The Kier molecular flexibility index (Phi) is 3.44. The lowest BCUT2D eigenvalue weighted by atomic mass is 10.2. The van der Waals surface area contributed by atoms with E-state index in [4.69, 9.17) is 0 Å². The highest BCUT2D eigenvalue weighted by atomic mass is 79.9. The molecule has 0 atom stereocenters. The lowest BCUT2D eigenvalue weighted by Crippen LogP contribution is -2.03. The van der Waals surface area contributed by atoms with Crippen LogP contribution >= 0.6 is 15.9 Å². The second-order valence-electron chi connectivity index (χ2n) is 4.89. The Morgan fingerprint density at radius 3 is 2.90 bits per heavy atom. The zero-order valence-electron chi connectivity index (χ0n) is 11.4. The third-order valence-corrected chi connectivity index (χ3v) is 3.75. The van der Waals surface area contributed by atoms with Crippen molar-refractivity contribution in [3.63, 3.8) is 0 Å². The first-order chi connectivity index (χ1) is 9.61. The maximum absolute atomic E-state index is 4.40. The predicted molar refractivity (Wildman–Crippen MR) is 83.9 cm³/mol. The van der Waals surface area contributed by atoms with Gasteiger partial charge in [0.05, 0.1) is 5.69 Å². The van der Waals surface area contributed by atoms with Crippen LogP contribution in [0.15, 0.2) is 41.1 Å². The summed E-state index contributed by atoms with van der Waals surface area (Å²) in [5, 5.41) is 7.78. The number of aryl methyl sites for hydroxylation is 2. The molecule has 0 amide bonds. The Hall–Kier alpha value is -1.88. The van der Waals surface area contributed by atoms with Crippen molar-refractivity contribution in [2.45, 2.75) is 20.4 Å². The van der Waals surface area contributed by atoms with E-state index in [1.165, 1.54) is 5.56 Å². The molecule has 0 spiro atoms. The number of fused-ring (bicyclic) bond motifs is 1. The molecule has 0 aliphatic carbocycles. The standard InChI is InChI=1S/C15H15BrN4/c1-10-3-4-14(13(16)5-10)17-7-12-8-18-15-6-11(2)19-20(15)9-12/h3-6,8-9,17H,7H2,1-2H3. The maximum Gasteiger partial charge on any atom is 0.155 e. The number of hydrogen-bond acceptors (Lipinski definition) is 3. The van der Waals surface area contributed by atoms with Gasteiger partial charge in [0.15, 0.2) is 5.65 Å². The maximum atomic E-state index is 4.40. The Bertz CT molecular complexity index is 764. The summed E-state index contributed by atoms with van der Waals surface area (Å²) >= 11 is 3.57. The van der Waals surface area contributed by atoms with Crippen LogP contribution in [-0.4, -0.2) is 14.6 Å². The number of anilines is 1. The molecule has 20 heavy (non-hydrogen) atoms. The number of benzene rings is 1. The highest BCUT2D eigenvalue weighted by Gasteiger charge is 2.03. The molecular weight excluding hydrogens is 316 g/mol. The average molecular weight is 331 g/mol. The number of nitrogens with zero attached hydrogens (tertiary/aromatic N) is 3. The minimum atomic E-state index is 0.712. The van der Waals surface area contributed by atoms with Gasteiger partial charge >= 0.3 is 0 Å². The van der Waals surface area contributed by atoms with Crippen LogP contribution < -0.4 is 5.32 Å². The van der Waals surface area contributed by atoms with Gasteiger partial charge in [-0.2, -0.15) is 5.10 Å². The van der Waals surface area contributed by atoms with E-state index in [1.807, 2.05) is 29.9 Å². The molecule has 1 N–H and O–H groups in total. The van der Waals surface area contributed by atoms with Gasteiger partial charge in [-0.05, 0) is 47.5 Å². The molecule has 0 radical (unpaired) electrons. The predicted octanol–water partition coefficient (Wildman–Crippen LogP) is 3.72. The molecule has 0 aliphatic rings. The molecule has 2 heterocycles. The van der Waals surface area contributed by atoms with E-state index in [-0.39, 0.29) is 0 Å². The fraction of sp³-hybridized carbons (Fsp3) is 0.200. The quantitative estimate of drug-likeness (QED) is 0.795. The van der Waals surface area contributed by atoms with E-state index >= 15 is 0 Å². The van der Waals surface area contributed by atoms with Gasteiger partial charge in [-0.15, -0.1) is 0 Å². The molecule has 0 saturated heterocycles. The van der Waals surface area contributed by atoms with Crippen molar-refractivity contribution in [3.8, 4) is 0 Å². The van der Waals surface area contributed by atoms with Crippen molar-refractivity contribution >= 4 is 27.3 Å². The lowest BCUT2D eigenvalue weighted by Gasteiger charge is -2.09. The van der Waals surface area contributed by atoms with Crippen LogP contribution in [0.2, 0.25) is 0 Å². The van der Waals surface area contributed by atoms with Gasteiger partial charge in [-0.1, -0.05) is 6.07 Å². The first-order valence-corrected chi connectivity index (χ1v) is 7.22. The highest BCUT2D eigenvalue weighted by molar-refractivity contribution is 9.10. The first kappa shape index (κ1) is 13.1. The van der Waals surface area contributed by atoms with Crippen molar-refractivity contribution < 1.29 is 0 Å². The van der Waals surface area contributed by atoms with E-state index in [2.05, 4.69) is 56.5 Å². The van der Waals surface area contributed by atoms with Crippen molar-refractivity contribution in [1.29, 1.82) is 0 Å². The Morgan fingerprint density at radius 1 is 1.25 bits per heavy atom. The number of rotatable bonds is 3. The third kappa shape index (κ3) is 2.67. The number of halogens is 1. The summed E-state index contributed by atoms with van der Waals surface area (Å²) in [5.41, 5.74) is 5.25. The van der Waals surface area contributed by atoms with Gasteiger partial charge in [0.25, 0.3) is 0 Å². The van der Waals surface area contributed by atoms with Crippen molar-refractivity contribution in [1.82, 2.24) is 14.6 Å². The molecule has 102 valence electrons. The summed E-state index contributed by atoms with van der Waals surface area (Å²) in [6.45, 7) is 4.76. The highest BCUT2D eigenvalue weighted by Crippen LogP contribution is 2.23. The molecule has 3 rings (SSSR count). The normalized spacial score (nSPS) is 10.9. The molecule has 0 bridgehead atoms. The minimum absolute atomic E-state index is 0.712. The first-order valence-electron chi connectivity index (χ1n) is 6.43. The summed E-state index contributed by atoms with van der Waals surface area (Å²) in [7, 11) is 0. The molecule has 0 saturated carbocycles. The zero-order chi connectivity index (χ0) is 14.1. The van der Waals surface area contributed by atoms with Crippen LogP contribution in [0.1, 0.15) is 16.8 Å². The van der Waals surface area contributed by atoms with Crippen LogP contribution in [0, 0.1) is 13.8 Å². The SMILES string of the molecule is Cc1ccc(NCc2cnc3cc(C)nn3c2)c(Br)c1. The molecule has 0 fully saturated rings. The summed E-state index contributed by atoms with van der Waals surface area (Å²) in [6.07, 6.45) is 3.88. The second kappa shape index (κ2) is 5.25.